The number of fused-ring (bicyclic) bond motifs is 1. The van der Waals surface area contributed by atoms with Crippen molar-refractivity contribution in [2.24, 2.45) is 0 Å². The van der Waals surface area contributed by atoms with Gasteiger partial charge in [0.05, 0.1) is 17.8 Å². The van der Waals surface area contributed by atoms with Gasteiger partial charge in [0.2, 0.25) is 0 Å². The minimum Gasteiger partial charge on any atom is -0.305 e. The van der Waals surface area contributed by atoms with Gasteiger partial charge in [-0.15, -0.1) is 0 Å². The lowest BCUT2D eigenvalue weighted by Crippen LogP contribution is -2.43. The fourth-order valence-corrected chi connectivity index (χ4v) is 3.80. The van der Waals surface area contributed by atoms with E-state index in [1.165, 1.54) is 36.4 Å². The third kappa shape index (κ3) is 4.27. The number of hydrogen-bond acceptors (Lipinski definition) is 4. The predicted molar refractivity (Wildman–Crippen MR) is 117 cm³/mol. The van der Waals surface area contributed by atoms with E-state index in [0.29, 0.717) is 11.3 Å². The first-order valence-corrected chi connectivity index (χ1v) is 9.67. The van der Waals surface area contributed by atoms with Crippen molar-refractivity contribution in [3.05, 3.63) is 76.9 Å². The number of rotatable bonds is 4. The second-order valence-electron chi connectivity index (χ2n) is 7.54. The molecule has 4 rings (SSSR count). The Morgan fingerprint density at radius 1 is 1.22 bits per heavy atom. The Morgan fingerprint density at radius 3 is 2.59 bits per heavy atom. The molecule has 0 unspecified atom stereocenters. The molecule has 1 aliphatic rings. The normalized spacial score (nSPS) is 15.8. The standard InChI is InChI=1S/C22H19F3N4O2.H2S/c1-13-9-16(6-7-17(13)22(23,24)25)28-12-14(2)29-20(21(28)31)15(11-27-29)10-19(30)18-5-3-4-8-26-18;/h3-9,11,14H,10,12H2,1-2H3;1H2/t14-;/m0./s1. The van der Waals surface area contributed by atoms with Gasteiger partial charge in [0.25, 0.3) is 5.91 Å². The summed E-state index contributed by atoms with van der Waals surface area (Å²) in [5.41, 5.74) is 0.683. The highest BCUT2D eigenvalue weighted by Crippen LogP contribution is 2.35. The number of alkyl halides is 3. The number of Topliss-reactive ketones (excluding diaryl/α,β-unsaturated/α-hetero) is 1. The van der Waals surface area contributed by atoms with Crippen molar-refractivity contribution in [1.82, 2.24) is 14.8 Å². The molecule has 0 fully saturated rings. The van der Waals surface area contributed by atoms with Crippen LogP contribution in [0.25, 0.3) is 0 Å². The van der Waals surface area contributed by atoms with E-state index in [0.717, 1.165) is 6.07 Å². The lowest BCUT2D eigenvalue weighted by molar-refractivity contribution is -0.138. The van der Waals surface area contributed by atoms with Gasteiger partial charge in [-0.1, -0.05) is 6.07 Å². The van der Waals surface area contributed by atoms with Crippen LogP contribution in [0.4, 0.5) is 18.9 Å². The van der Waals surface area contributed by atoms with Gasteiger partial charge in [-0.2, -0.15) is 31.8 Å². The van der Waals surface area contributed by atoms with Crippen molar-refractivity contribution in [2.75, 3.05) is 11.4 Å². The summed E-state index contributed by atoms with van der Waals surface area (Å²) < 4.78 is 40.9. The number of halogens is 3. The van der Waals surface area contributed by atoms with Crippen LogP contribution in [0, 0.1) is 6.92 Å². The molecule has 168 valence electrons. The van der Waals surface area contributed by atoms with Gasteiger partial charge >= 0.3 is 6.18 Å². The Morgan fingerprint density at radius 2 is 1.97 bits per heavy atom. The summed E-state index contributed by atoms with van der Waals surface area (Å²) in [7, 11) is 0. The third-order valence-corrected chi connectivity index (χ3v) is 5.31. The van der Waals surface area contributed by atoms with Crippen LogP contribution < -0.4 is 4.90 Å². The average molecular weight is 462 g/mol. The molecule has 2 aromatic heterocycles. The van der Waals surface area contributed by atoms with Gasteiger partial charge in [0, 0.05) is 30.4 Å². The number of amides is 1. The highest BCUT2D eigenvalue weighted by molar-refractivity contribution is 7.59. The van der Waals surface area contributed by atoms with Crippen LogP contribution in [0.3, 0.4) is 0 Å². The Kier molecular flexibility index (Phi) is 6.45. The lowest BCUT2D eigenvalue weighted by Gasteiger charge is -2.32. The van der Waals surface area contributed by atoms with Crippen LogP contribution in [0.15, 0.2) is 48.8 Å². The summed E-state index contributed by atoms with van der Waals surface area (Å²) in [4.78, 5) is 31.3. The summed E-state index contributed by atoms with van der Waals surface area (Å²) in [5, 5.41) is 4.27. The second kappa shape index (κ2) is 8.78. The van der Waals surface area contributed by atoms with Crippen LogP contribution in [-0.4, -0.2) is 33.0 Å². The van der Waals surface area contributed by atoms with E-state index in [1.807, 2.05) is 6.92 Å². The van der Waals surface area contributed by atoms with Gasteiger partial charge in [0.1, 0.15) is 11.4 Å². The number of pyridine rings is 1. The fourth-order valence-electron chi connectivity index (χ4n) is 3.80. The molecular formula is C22H21F3N4O2S. The first-order valence-electron chi connectivity index (χ1n) is 9.67. The number of aromatic nitrogens is 3. The topological polar surface area (TPSA) is 68.1 Å². The molecule has 1 amide bonds. The molecule has 0 saturated carbocycles. The van der Waals surface area contributed by atoms with E-state index in [1.54, 1.807) is 22.9 Å². The number of carbonyl (C=O) groups is 2. The summed E-state index contributed by atoms with van der Waals surface area (Å²) in [6.07, 6.45) is -1.50. The molecule has 1 atom stereocenters. The number of benzene rings is 1. The molecule has 6 nitrogen and oxygen atoms in total. The van der Waals surface area contributed by atoms with Crippen LogP contribution in [0.2, 0.25) is 0 Å². The van der Waals surface area contributed by atoms with Crippen LogP contribution in [0.5, 0.6) is 0 Å². The number of carbonyl (C=O) groups excluding carboxylic acids is 2. The predicted octanol–water partition coefficient (Wildman–Crippen LogP) is 4.36. The monoisotopic (exact) mass is 462 g/mol. The Balaban J connectivity index is 0.00000289. The van der Waals surface area contributed by atoms with Gasteiger partial charge < -0.3 is 4.90 Å². The zero-order valence-corrected chi connectivity index (χ0v) is 18.3. The van der Waals surface area contributed by atoms with Crippen LogP contribution in [-0.2, 0) is 12.6 Å². The highest BCUT2D eigenvalue weighted by Gasteiger charge is 2.36. The second-order valence-corrected chi connectivity index (χ2v) is 7.54. The van der Waals surface area contributed by atoms with E-state index in [4.69, 9.17) is 0 Å². The maximum absolute atomic E-state index is 13.3. The minimum atomic E-state index is -4.46. The molecule has 0 radical (unpaired) electrons. The molecule has 0 saturated heterocycles. The molecule has 32 heavy (non-hydrogen) atoms. The number of anilines is 1. The smallest absolute Gasteiger partial charge is 0.305 e. The van der Waals surface area contributed by atoms with E-state index >= 15 is 0 Å². The number of hydrogen-bond donors (Lipinski definition) is 0. The maximum Gasteiger partial charge on any atom is 0.416 e. The van der Waals surface area contributed by atoms with Gasteiger partial charge in [-0.05, 0) is 49.7 Å². The molecule has 0 spiro atoms. The number of aryl methyl sites for hydroxylation is 1. The average Bonchev–Trinajstić information content (AvgIpc) is 3.15. The molecular weight excluding hydrogens is 441 g/mol. The largest absolute Gasteiger partial charge is 0.416 e. The zero-order valence-electron chi connectivity index (χ0n) is 17.3. The summed E-state index contributed by atoms with van der Waals surface area (Å²) in [6, 6.07) is 8.43. The van der Waals surface area contributed by atoms with Crippen molar-refractivity contribution < 1.29 is 22.8 Å². The molecule has 0 N–H and O–H groups in total. The van der Waals surface area contributed by atoms with Crippen molar-refractivity contribution in [2.45, 2.75) is 32.5 Å². The minimum absolute atomic E-state index is 0. The van der Waals surface area contributed by atoms with Gasteiger partial charge in [-0.3, -0.25) is 19.3 Å². The van der Waals surface area contributed by atoms with Crippen LogP contribution in [0.1, 0.15) is 50.6 Å². The first-order chi connectivity index (χ1) is 14.7. The third-order valence-electron chi connectivity index (χ3n) is 5.31. The molecule has 3 aromatic rings. The Bertz CT molecular complexity index is 1160. The maximum atomic E-state index is 13.3. The summed E-state index contributed by atoms with van der Waals surface area (Å²) in [5.74, 6) is -0.655. The zero-order chi connectivity index (χ0) is 22.3. The Hall–Kier alpha value is -3.14. The first kappa shape index (κ1) is 23.5. The lowest BCUT2D eigenvalue weighted by atomic mass is 10.0. The molecule has 1 aliphatic heterocycles. The van der Waals surface area contributed by atoms with E-state index < -0.39 is 17.6 Å². The Labute approximate surface area is 189 Å². The molecule has 10 heteroatoms. The molecule has 0 aliphatic carbocycles. The van der Waals surface area contributed by atoms with E-state index in [-0.39, 0.29) is 55.2 Å². The number of ketones is 1. The molecule has 0 bridgehead atoms. The fraction of sp³-hybridized carbons (Fsp3) is 0.273. The van der Waals surface area contributed by atoms with Crippen molar-refractivity contribution >= 4 is 30.9 Å². The van der Waals surface area contributed by atoms with Crippen LogP contribution >= 0.6 is 13.5 Å². The van der Waals surface area contributed by atoms with Gasteiger partial charge in [0.15, 0.2) is 5.78 Å². The SMILES string of the molecule is Cc1cc(N2C[C@H](C)n3ncc(CC(=O)c4ccccn4)c3C2=O)ccc1C(F)(F)F.S. The van der Waals surface area contributed by atoms with E-state index in [2.05, 4.69) is 10.1 Å². The van der Waals surface area contributed by atoms with Crippen molar-refractivity contribution in [3.8, 4) is 0 Å². The van der Waals surface area contributed by atoms with Crippen molar-refractivity contribution in [3.63, 3.8) is 0 Å². The molecule has 3 heterocycles. The summed E-state index contributed by atoms with van der Waals surface area (Å²) in [6.45, 7) is 3.48. The highest BCUT2D eigenvalue weighted by atomic mass is 32.1. The van der Waals surface area contributed by atoms with E-state index in [9.17, 15) is 22.8 Å². The quantitative estimate of drug-likeness (QED) is 0.540. The molecule has 1 aromatic carbocycles. The number of nitrogens with zero attached hydrogens (tertiary/aromatic N) is 4. The summed E-state index contributed by atoms with van der Waals surface area (Å²) >= 11 is 0. The van der Waals surface area contributed by atoms with Gasteiger partial charge in [-0.25, -0.2) is 0 Å². The van der Waals surface area contributed by atoms with Crippen molar-refractivity contribution in [1.29, 1.82) is 0 Å².